The van der Waals surface area contributed by atoms with Crippen molar-refractivity contribution in [3.8, 4) is 28.1 Å². The van der Waals surface area contributed by atoms with E-state index in [0.717, 1.165) is 12.8 Å². The Morgan fingerprint density at radius 1 is 1.14 bits per heavy atom. The number of halogens is 2. The Labute approximate surface area is 305 Å². The van der Waals surface area contributed by atoms with Crippen LogP contribution >= 0.6 is 11.6 Å². The monoisotopic (exact) mass is 718 g/mol. The summed E-state index contributed by atoms with van der Waals surface area (Å²) in [5.74, 6) is 0.148. The second kappa shape index (κ2) is 15.6. The number of hydrogen-bond donors (Lipinski definition) is 0. The molecule has 0 amide bonds. The van der Waals surface area contributed by atoms with E-state index >= 15 is 4.39 Å². The SMILES string of the molecule is C=CCOC1(C)CCN(c2c(C(OC(C)(C)C)C(=O)OC)c(C)nc3cc(-c4ccc(F)c(-c5c(Cl)cccc5OC(C)CC=C)c4)nn23)CC1. The lowest BCUT2D eigenvalue weighted by Crippen LogP contribution is -2.45. The normalized spacial score (nSPS) is 15.7. The van der Waals surface area contributed by atoms with E-state index in [1.165, 1.54) is 13.2 Å². The number of hydrogen-bond acceptors (Lipinski definition) is 8. The zero-order valence-corrected chi connectivity index (χ0v) is 31.3. The van der Waals surface area contributed by atoms with Crippen LogP contribution < -0.4 is 9.64 Å². The predicted octanol–water partition coefficient (Wildman–Crippen LogP) is 9.10. The molecule has 5 rings (SSSR count). The fourth-order valence-electron chi connectivity index (χ4n) is 6.39. The number of nitrogens with zero attached hydrogens (tertiary/aromatic N) is 4. The first kappa shape index (κ1) is 38.0. The number of piperidine rings is 1. The van der Waals surface area contributed by atoms with Crippen LogP contribution in [0, 0.1) is 12.7 Å². The maximum absolute atomic E-state index is 15.7. The van der Waals surface area contributed by atoms with Crippen LogP contribution in [-0.2, 0) is 19.0 Å². The summed E-state index contributed by atoms with van der Waals surface area (Å²) in [6, 6.07) is 11.9. The van der Waals surface area contributed by atoms with Crippen LogP contribution in [0.3, 0.4) is 0 Å². The highest BCUT2D eigenvalue weighted by Crippen LogP contribution is 2.42. The van der Waals surface area contributed by atoms with Crippen molar-refractivity contribution in [1.29, 1.82) is 0 Å². The maximum atomic E-state index is 15.7. The highest BCUT2D eigenvalue weighted by molar-refractivity contribution is 6.33. The topological polar surface area (TPSA) is 87.4 Å². The van der Waals surface area contributed by atoms with Crippen molar-refractivity contribution in [2.45, 2.75) is 84.2 Å². The number of carbonyl (C=O) groups is 1. The van der Waals surface area contributed by atoms with Crippen molar-refractivity contribution >= 4 is 29.0 Å². The molecule has 0 saturated carbocycles. The average molecular weight is 719 g/mol. The molecule has 0 spiro atoms. The van der Waals surface area contributed by atoms with Gasteiger partial charge in [-0.3, -0.25) is 0 Å². The third-order valence-corrected chi connectivity index (χ3v) is 9.27. The van der Waals surface area contributed by atoms with Crippen LogP contribution in [0.4, 0.5) is 10.2 Å². The molecule has 0 bridgehead atoms. The molecule has 0 radical (unpaired) electrons. The number of aromatic nitrogens is 3. The van der Waals surface area contributed by atoms with Crippen molar-refractivity contribution in [3.05, 3.63) is 89.9 Å². The van der Waals surface area contributed by atoms with Gasteiger partial charge in [0.2, 0.25) is 0 Å². The summed E-state index contributed by atoms with van der Waals surface area (Å²) >= 11 is 6.70. The highest BCUT2D eigenvalue weighted by atomic mass is 35.5. The van der Waals surface area contributed by atoms with Crippen LogP contribution in [-0.4, -0.2) is 64.7 Å². The van der Waals surface area contributed by atoms with Gasteiger partial charge >= 0.3 is 5.97 Å². The number of esters is 1. The minimum absolute atomic E-state index is 0.191. The molecule has 2 aromatic heterocycles. The first-order valence-corrected chi connectivity index (χ1v) is 17.6. The van der Waals surface area contributed by atoms with Crippen molar-refractivity contribution < 1.29 is 28.1 Å². The van der Waals surface area contributed by atoms with Gasteiger partial charge in [-0.2, -0.15) is 9.61 Å². The van der Waals surface area contributed by atoms with E-state index in [9.17, 15) is 4.79 Å². The second-order valence-corrected chi connectivity index (χ2v) is 14.6. The summed E-state index contributed by atoms with van der Waals surface area (Å²) in [6.07, 6.45) is 4.34. The average Bonchev–Trinajstić information content (AvgIpc) is 3.50. The van der Waals surface area contributed by atoms with Crippen LogP contribution in [0.2, 0.25) is 5.02 Å². The maximum Gasteiger partial charge on any atom is 0.339 e. The van der Waals surface area contributed by atoms with Gasteiger partial charge in [0, 0.05) is 48.0 Å². The largest absolute Gasteiger partial charge is 0.490 e. The molecular formula is C40H48ClFN4O5. The molecule has 0 aliphatic carbocycles. The molecular weight excluding hydrogens is 671 g/mol. The van der Waals surface area contributed by atoms with Gasteiger partial charge in [0.1, 0.15) is 17.4 Å². The van der Waals surface area contributed by atoms with Gasteiger partial charge in [-0.05, 0) is 84.7 Å². The molecule has 4 aromatic rings. The number of ether oxygens (including phenoxy) is 4. The molecule has 2 aromatic carbocycles. The number of anilines is 1. The molecule has 3 heterocycles. The Bertz CT molecular complexity index is 1910. The lowest BCUT2D eigenvalue weighted by atomic mass is 9.92. The van der Waals surface area contributed by atoms with Gasteiger partial charge < -0.3 is 23.8 Å². The Balaban J connectivity index is 1.67. The molecule has 1 aliphatic heterocycles. The number of methoxy groups -OCH3 is 1. The van der Waals surface area contributed by atoms with E-state index in [2.05, 4.69) is 25.0 Å². The zero-order chi connectivity index (χ0) is 37.1. The van der Waals surface area contributed by atoms with E-state index in [4.69, 9.17) is 40.6 Å². The molecule has 51 heavy (non-hydrogen) atoms. The van der Waals surface area contributed by atoms with Crippen LogP contribution in [0.15, 0.2) is 67.8 Å². The molecule has 272 valence electrons. The highest BCUT2D eigenvalue weighted by Gasteiger charge is 2.38. The molecule has 2 atom stereocenters. The van der Waals surface area contributed by atoms with E-state index in [1.54, 1.807) is 47.0 Å². The van der Waals surface area contributed by atoms with Crippen molar-refractivity contribution in [2.75, 3.05) is 31.7 Å². The van der Waals surface area contributed by atoms with Crippen LogP contribution in [0.1, 0.15) is 71.2 Å². The van der Waals surface area contributed by atoms with Gasteiger partial charge in [-0.1, -0.05) is 29.8 Å². The van der Waals surface area contributed by atoms with Gasteiger partial charge in [0.05, 0.1) is 47.3 Å². The Hall–Kier alpha value is -4.25. The first-order valence-electron chi connectivity index (χ1n) is 17.2. The molecule has 1 aliphatic rings. The summed E-state index contributed by atoms with van der Waals surface area (Å²) in [4.78, 5) is 20.5. The molecule has 0 N–H and O–H groups in total. The number of rotatable bonds is 13. The van der Waals surface area contributed by atoms with Gasteiger partial charge in [0.15, 0.2) is 11.8 Å². The van der Waals surface area contributed by atoms with Crippen molar-refractivity contribution in [1.82, 2.24) is 14.6 Å². The summed E-state index contributed by atoms with van der Waals surface area (Å²) in [6.45, 7) is 20.9. The molecule has 9 nitrogen and oxygen atoms in total. The number of benzene rings is 2. The first-order chi connectivity index (χ1) is 24.2. The predicted molar refractivity (Wildman–Crippen MR) is 200 cm³/mol. The van der Waals surface area contributed by atoms with E-state index in [-0.39, 0.29) is 17.3 Å². The van der Waals surface area contributed by atoms with Crippen LogP contribution in [0.5, 0.6) is 5.75 Å². The third kappa shape index (κ3) is 8.46. The van der Waals surface area contributed by atoms with E-state index < -0.39 is 23.5 Å². The second-order valence-electron chi connectivity index (χ2n) is 14.2. The summed E-state index contributed by atoms with van der Waals surface area (Å²) in [5, 5.41) is 5.41. The summed E-state index contributed by atoms with van der Waals surface area (Å²) < 4.78 is 41.4. The number of aryl methyl sites for hydroxylation is 1. The minimum Gasteiger partial charge on any atom is -0.490 e. The standard InChI is InChI=1S/C40H48ClFN4O5/c1-10-13-25(3)50-32-15-12-14-29(41)35(32)28-23-27(16-17-30(28)42)31-24-33-43-26(4)34(36(38(47)48-9)51-39(5,6)7)37(46(33)44-31)45-20-18-40(8,19-21-45)49-22-11-2/h10-12,14-17,23-25,36H,1-2,13,18-22H2,3-9H3. The van der Waals surface area contributed by atoms with Gasteiger partial charge in [0.25, 0.3) is 0 Å². The van der Waals surface area contributed by atoms with Crippen LogP contribution in [0.25, 0.3) is 28.0 Å². The van der Waals surface area contributed by atoms with Crippen molar-refractivity contribution in [3.63, 3.8) is 0 Å². The number of fused-ring (bicyclic) bond motifs is 1. The molecule has 11 heteroatoms. The Morgan fingerprint density at radius 2 is 1.86 bits per heavy atom. The van der Waals surface area contributed by atoms with E-state index in [1.807, 2.05) is 40.7 Å². The summed E-state index contributed by atoms with van der Waals surface area (Å²) in [5.41, 5.74) is 2.65. The Morgan fingerprint density at radius 3 is 2.51 bits per heavy atom. The van der Waals surface area contributed by atoms with Crippen molar-refractivity contribution in [2.24, 2.45) is 0 Å². The van der Waals surface area contributed by atoms with E-state index in [0.29, 0.717) is 76.4 Å². The lowest BCUT2D eigenvalue weighted by molar-refractivity contribution is -0.164. The summed E-state index contributed by atoms with van der Waals surface area (Å²) in [7, 11) is 1.35. The molecule has 2 unspecified atom stereocenters. The van der Waals surface area contributed by atoms with Gasteiger partial charge in [-0.15, -0.1) is 13.2 Å². The Kier molecular flexibility index (Phi) is 11.6. The third-order valence-electron chi connectivity index (χ3n) is 8.96. The molecule has 1 fully saturated rings. The molecule has 1 saturated heterocycles. The zero-order valence-electron chi connectivity index (χ0n) is 30.6. The van der Waals surface area contributed by atoms with Gasteiger partial charge in [-0.25, -0.2) is 14.2 Å². The fraction of sp³-hybridized carbons (Fsp3) is 0.425. The smallest absolute Gasteiger partial charge is 0.339 e. The lowest BCUT2D eigenvalue weighted by Gasteiger charge is -2.41. The minimum atomic E-state index is -1.07. The fourth-order valence-corrected chi connectivity index (χ4v) is 6.66. The number of carbonyl (C=O) groups excluding carboxylic acids is 1. The quantitative estimate of drug-likeness (QED) is 0.1000.